The van der Waals surface area contributed by atoms with E-state index in [1.54, 1.807) is 42.5 Å². The van der Waals surface area contributed by atoms with E-state index in [0.717, 1.165) is 49.8 Å². The molecule has 1 saturated heterocycles. The Morgan fingerprint density at radius 2 is 0.800 bits per heavy atom. The second-order valence-electron chi connectivity index (χ2n) is 16.9. The molecule has 1 atom stereocenters. The van der Waals surface area contributed by atoms with Gasteiger partial charge in [0.25, 0.3) is 0 Å². The van der Waals surface area contributed by atoms with Crippen molar-refractivity contribution in [3.8, 4) is 34.3 Å². The van der Waals surface area contributed by atoms with Crippen molar-refractivity contribution in [3.63, 3.8) is 0 Å². The van der Waals surface area contributed by atoms with Gasteiger partial charge >= 0.3 is 23.9 Å². The van der Waals surface area contributed by atoms with Crippen LogP contribution in [0.4, 0.5) is 0 Å². The number of aliphatic hydroxyl groups excluding tert-OH is 1. The first kappa shape index (κ1) is 52.1. The third-order valence-electron chi connectivity index (χ3n) is 11.2. The van der Waals surface area contributed by atoms with Crippen molar-refractivity contribution in [2.45, 2.75) is 51.0 Å². The standard InChI is InChI=1S/C21H21N3O6.C18H17N3O5.C14H13N3O2/c25-19-11-14(5-6-18(19)24-22-16-3-1-2-4-17(16)23-24)9-10-28-20(26)7-8-21(27)30-13-15-12-29-15;22-16-11-12(9-10-26-18(25)8-7-17(23)24)5-6-15(16)21-19-13-3-1-2-4-14(13)20-21;18-8-7-10-5-6-13(14(19)9-10)17-15-11-3-1-2-4-12(11)16-17/h1-6,11,15,25H,7-10,12-13H2;1-6,11,22H,7-10H2,(H,23,24);1-6,9,18-19H,7-8H2. The van der Waals surface area contributed by atoms with Crippen LogP contribution in [-0.2, 0) is 57.4 Å². The molecule has 22 nitrogen and oxygen atoms in total. The minimum absolute atomic E-state index is 0.00633. The highest BCUT2D eigenvalue weighted by molar-refractivity contribution is 5.78. The predicted octanol–water partition coefficient (Wildman–Crippen LogP) is 5.67. The van der Waals surface area contributed by atoms with Gasteiger partial charge in [-0.15, -0.1) is 45.0 Å². The molecule has 22 heteroatoms. The molecule has 0 saturated carbocycles. The Balaban J connectivity index is 0.000000153. The Morgan fingerprint density at radius 3 is 1.11 bits per heavy atom. The van der Waals surface area contributed by atoms with Crippen LogP contribution >= 0.6 is 0 Å². The van der Waals surface area contributed by atoms with Crippen molar-refractivity contribution in [1.29, 1.82) is 0 Å². The van der Waals surface area contributed by atoms with Crippen molar-refractivity contribution in [2.75, 3.05) is 33.0 Å². The topological polar surface area (TPSA) is 302 Å². The maximum Gasteiger partial charge on any atom is 0.306 e. The third-order valence-corrected chi connectivity index (χ3v) is 11.2. The molecule has 0 radical (unpaired) electrons. The van der Waals surface area contributed by atoms with Crippen LogP contribution < -0.4 is 0 Å². The molecule has 1 fully saturated rings. The Kier molecular flexibility index (Phi) is 17.3. The smallest absolute Gasteiger partial charge is 0.306 e. The summed E-state index contributed by atoms with van der Waals surface area (Å²) in [6.07, 6.45) is 0.893. The first-order valence-electron chi connectivity index (χ1n) is 23.7. The second-order valence-corrected chi connectivity index (χ2v) is 16.9. The second kappa shape index (κ2) is 24.9. The average Bonchev–Trinajstić information content (AvgIpc) is 3.74. The number of carbonyl (C=O) groups excluding carboxylic acids is 3. The van der Waals surface area contributed by atoms with Crippen molar-refractivity contribution < 1.29 is 63.7 Å². The Hall–Kier alpha value is -9.28. The fourth-order valence-electron chi connectivity index (χ4n) is 7.26. The molecule has 75 heavy (non-hydrogen) atoms. The van der Waals surface area contributed by atoms with Crippen molar-refractivity contribution in [2.24, 2.45) is 0 Å². The van der Waals surface area contributed by atoms with Crippen LogP contribution in [0.2, 0.25) is 0 Å². The van der Waals surface area contributed by atoms with E-state index in [-0.39, 0.29) is 75.5 Å². The molecule has 0 spiro atoms. The number of esters is 3. The number of phenols is 3. The van der Waals surface area contributed by atoms with Gasteiger partial charge in [-0.25, -0.2) is 0 Å². The van der Waals surface area contributed by atoms with E-state index < -0.39 is 23.9 Å². The SMILES string of the molecule is O=C(CCC(=O)OCC1CO1)OCCc1ccc(-n2nc3ccccc3n2)c(O)c1.O=C(O)CCC(=O)OCCc1ccc(-n2nc3ccccc3n2)c(O)c1.OCCc1ccc(-n2nc3ccccc3n2)c(O)c1. The molecule has 1 aliphatic rings. The van der Waals surface area contributed by atoms with Gasteiger partial charge < -0.3 is 44.5 Å². The monoisotopic (exact) mass is 1020 g/mol. The van der Waals surface area contributed by atoms with Gasteiger partial charge in [-0.3, -0.25) is 19.2 Å². The number of nitrogens with zero attached hydrogens (tertiary/aromatic N) is 9. The largest absolute Gasteiger partial charge is 0.506 e. The van der Waals surface area contributed by atoms with Crippen molar-refractivity contribution >= 4 is 57.0 Å². The quantitative estimate of drug-likeness (QED) is 0.0370. The number of carboxylic acids is 1. The normalized spacial score (nSPS) is 12.6. The number of aromatic hydroxyl groups is 3. The number of carboxylic acid groups (broad SMARTS) is 1. The maximum atomic E-state index is 11.8. The molecule has 386 valence electrons. The number of aliphatic hydroxyl groups is 1. The molecule has 6 aromatic carbocycles. The van der Waals surface area contributed by atoms with E-state index in [0.29, 0.717) is 42.9 Å². The van der Waals surface area contributed by atoms with E-state index in [9.17, 15) is 34.5 Å². The van der Waals surface area contributed by atoms with E-state index in [4.69, 9.17) is 29.2 Å². The summed E-state index contributed by atoms with van der Waals surface area (Å²) in [4.78, 5) is 49.2. The van der Waals surface area contributed by atoms with Crippen LogP contribution in [0.1, 0.15) is 42.4 Å². The minimum atomic E-state index is -1.04. The lowest BCUT2D eigenvalue weighted by atomic mass is 10.1. The van der Waals surface area contributed by atoms with Crippen molar-refractivity contribution in [3.05, 3.63) is 144 Å². The summed E-state index contributed by atoms with van der Waals surface area (Å²) in [7, 11) is 0. The van der Waals surface area contributed by atoms with Crippen LogP contribution in [0.3, 0.4) is 0 Å². The first-order valence-corrected chi connectivity index (χ1v) is 23.7. The molecule has 0 amide bonds. The predicted molar refractivity (Wildman–Crippen MR) is 269 cm³/mol. The highest BCUT2D eigenvalue weighted by Crippen LogP contribution is 2.26. The highest BCUT2D eigenvalue weighted by atomic mass is 16.6. The lowest BCUT2D eigenvalue weighted by molar-refractivity contribution is -0.150. The number of aliphatic carboxylic acids is 1. The number of epoxide rings is 1. The third kappa shape index (κ3) is 14.7. The number of hydrogen-bond acceptors (Lipinski definition) is 18. The number of fused-ring (bicyclic) bond motifs is 3. The van der Waals surface area contributed by atoms with E-state index in [1.807, 2.05) is 84.9 Å². The molecule has 1 unspecified atom stereocenters. The number of benzene rings is 6. The first-order chi connectivity index (χ1) is 36.4. The number of carbonyl (C=O) groups is 4. The molecule has 3 aromatic heterocycles. The summed E-state index contributed by atoms with van der Waals surface area (Å²) < 4.78 is 20.0. The summed E-state index contributed by atoms with van der Waals surface area (Å²) in [6, 6.07) is 37.7. The van der Waals surface area contributed by atoms with Gasteiger partial charge in [0.1, 0.15) is 80.1 Å². The van der Waals surface area contributed by atoms with Gasteiger partial charge in [-0.05, 0) is 95.9 Å². The number of rotatable bonds is 19. The zero-order chi connectivity index (χ0) is 52.7. The summed E-state index contributed by atoms with van der Waals surface area (Å²) in [5, 5.41) is 74.0. The van der Waals surface area contributed by atoms with Crippen LogP contribution in [-0.4, -0.2) is 134 Å². The Morgan fingerprint density at radius 1 is 0.480 bits per heavy atom. The number of phenolic OH excluding ortho intramolecular Hbond substituents is 3. The summed E-state index contributed by atoms with van der Waals surface area (Å²) in [5.74, 6) is -2.36. The van der Waals surface area contributed by atoms with E-state index in [2.05, 4.69) is 30.6 Å². The molecule has 10 rings (SSSR count). The van der Waals surface area contributed by atoms with Crippen LogP contribution in [0.5, 0.6) is 17.2 Å². The van der Waals surface area contributed by atoms with E-state index >= 15 is 0 Å². The average molecular weight is 1020 g/mol. The highest BCUT2D eigenvalue weighted by Gasteiger charge is 2.24. The molecular formula is C53H51N9O13. The number of ether oxygens (including phenoxy) is 4. The zero-order valence-electron chi connectivity index (χ0n) is 40.2. The van der Waals surface area contributed by atoms with Gasteiger partial charge in [0, 0.05) is 19.4 Å². The minimum Gasteiger partial charge on any atom is -0.506 e. The van der Waals surface area contributed by atoms with E-state index in [1.165, 1.54) is 14.4 Å². The van der Waals surface area contributed by atoms with Crippen LogP contribution in [0.25, 0.3) is 50.2 Å². The lowest BCUT2D eigenvalue weighted by Gasteiger charge is -2.08. The molecule has 5 N–H and O–H groups in total. The fourth-order valence-corrected chi connectivity index (χ4v) is 7.26. The summed E-state index contributed by atoms with van der Waals surface area (Å²) in [6.45, 7) is 1.16. The lowest BCUT2D eigenvalue weighted by Crippen LogP contribution is -2.13. The molecule has 0 aliphatic carbocycles. The number of aromatic nitrogens is 9. The zero-order valence-corrected chi connectivity index (χ0v) is 40.2. The van der Waals surface area contributed by atoms with Crippen molar-refractivity contribution in [1.82, 2.24) is 45.0 Å². The van der Waals surface area contributed by atoms with Crippen LogP contribution in [0.15, 0.2) is 127 Å². The molecule has 0 bridgehead atoms. The molecule has 9 aromatic rings. The summed E-state index contributed by atoms with van der Waals surface area (Å²) in [5.41, 5.74) is 8.36. The Bertz CT molecular complexity index is 3340. The summed E-state index contributed by atoms with van der Waals surface area (Å²) >= 11 is 0. The number of hydrogen-bond donors (Lipinski definition) is 5. The molecular weight excluding hydrogens is 971 g/mol. The fraction of sp³-hybridized carbons (Fsp3) is 0.245. The maximum absolute atomic E-state index is 11.8. The van der Waals surface area contributed by atoms with Gasteiger partial charge in [0.15, 0.2) is 0 Å². The molecule has 4 heterocycles. The van der Waals surface area contributed by atoms with Gasteiger partial charge in [-0.2, -0.15) is 0 Å². The van der Waals surface area contributed by atoms with Gasteiger partial charge in [-0.1, -0.05) is 54.6 Å². The molecule has 1 aliphatic heterocycles. The van der Waals surface area contributed by atoms with Gasteiger partial charge in [0.2, 0.25) is 0 Å². The Labute approximate surface area is 426 Å². The van der Waals surface area contributed by atoms with Crippen LogP contribution in [0, 0.1) is 0 Å². The van der Waals surface area contributed by atoms with Gasteiger partial charge in [0.05, 0.1) is 45.5 Å².